The zero-order chi connectivity index (χ0) is 22.5. The fraction of sp³-hybridized carbons (Fsp3) is 0.385. The fourth-order valence-corrected chi connectivity index (χ4v) is 4.44. The van der Waals surface area contributed by atoms with E-state index < -0.39 is 0 Å². The number of fused-ring (bicyclic) bond motifs is 1. The quantitative estimate of drug-likeness (QED) is 0.574. The summed E-state index contributed by atoms with van der Waals surface area (Å²) in [5.41, 5.74) is 2.85. The molecular weight excluding hydrogens is 402 g/mol. The lowest BCUT2D eigenvalue weighted by molar-refractivity contribution is -0.131. The third-order valence-electron chi connectivity index (χ3n) is 6.45. The molecule has 0 saturated carbocycles. The standard InChI is InChI=1S/C26H31N3O3/c1-19(26(31)23-18-27-24-7-4-3-6-22(23)24)28-14-5-15-29(17-16-28)25(30)13-10-20-8-11-21(32-2)12-9-20/h3-4,6-9,11-12,18-19,27H,5,10,13-17H2,1-2H3. The maximum atomic E-state index is 13.2. The Morgan fingerprint density at radius 2 is 1.81 bits per heavy atom. The third-order valence-corrected chi connectivity index (χ3v) is 6.45. The molecule has 0 bridgehead atoms. The zero-order valence-corrected chi connectivity index (χ0v) is 18.8. The van der Waals surface area contributed by atoms with E-state index in [1.807, 2.05) is 66.6 Å². The second kappa shape index (κ2) is 10.0. The highest BCUT2D eigenvalue weighted by Crippen LogP contribution is 2.21. The molecule has 1 atom stereocenters. The minimum absolute atomic E-state index is 0.127. The van der Waals surface area contributed by atoms with Crippen LogP contribution in [-0.2, 0) is 11.2 Å². The Labute approximate surface area is 189 Å². The SMILES string of the molecule is COc1ccc(CCC(=O)N2CCCN(C(C)C(=O)c3c[nH]c4ccccc34)CC2)cc1. The van der Waals surface area contributed by atoms with Gasteiger partial charge in [-0.15, -0.1) is 0 Å². The smallest absolute Gasteiger partial charge is 0.222 e. The van der Waals surface area contributed by atoms with E-state index in [2.05, 4.69) is 9.88 Å². The molecule has 1 aliphatic rings. The summed E-state index contributed by atoms with van der Waals surface area (Å²) in [7, 11) is 1.65. The van der Waals surface area contributed by atoms with E-state index in [1.54, 1.807) is 7.11 Å². The molecule has 1 aromatic heterocycles. The maximum absolute atomic E-state index is 13.2. The molecule has 1 saturated heterocycles. The Morgan fingerprint density at radius 3 is 2.59 bits per heavy atom. The number of hydrogen-bond donors (Lipinski definition) is 1. The molecule has 1 N–H and O–H groups in total. The molecule has 6 heteroatoms. The van der Waals surface area contributed by atoms with Crippen molar-refractivity contribution in [3.8, 4) is 5.75 Å². The van der Waals surface area contributed by atoms with Crippen molar-refractivity contribution in [2.24, 2.45) is 0 Å². The monoisotopic (exact) mass is 433 g/mol. The molecule has 1 aliphatic heterocycles. The Bertz CT molecular complexity index is 1070. The fourth-order valence-electron chi connectivity index (χ4n) is 4.44. The van der Waals surface area contributed by atoms with Crippen LogP contribution in [0.3, 0.4) is 0 Å². The molecule has 0 aliphatic carbocycles. The van der Waals surface area contributed by atoms with Crippen LogP contribution in [0.25, 0.3) is 10.9 Å². The molecule has 0 radical (unpaired) electrons. The van der Waals surface area contributed by atoms with Gasteiger partial charge in [-0.25, -0.2) is 0 Å². The van der Waals surface area contributed by atoms with E-state index in [-0.39, 0.29) is 17.7 Å². The van der Waals surface area contributed by atoms with Crippen LogP contribution in [0.4, 0.5) is 0 Å². The van der Waals surface area contributed by atoms with Crippen LogP contribution in [0.1, 0.15) is 35.7 Å². The largest absolute Gasteiger partial charge is 0.497 e. The summed E-state index contributed by atoms with van der Waals surface area (Å²) in [6, 6.07) is 15.5. The van der Waals surface area contributed by atoms with Crippen molar-refractivity contribution in [3.05, 3.63) is 65.9 Å². The lowest BCUT2D eigenvalue weighted by atomic mass is 10.0. The van der Waals surface area contributed by atoms with Gasteiger partial charge in [0.25, 0.3) is 0 Å². The molecule has 0 spiro atoms. The Kier molecular flexibility index (Phi) is 6.90. The van der Waals surface area contributed by atoms with Crippen LogP contribution in [0.2, 0.25) is 0 Å². The number of hydrogen-bond acceptors (Lipinski definition) is 4. The van der Waals surface area contributed by atoms with E-state index in [9.17, 15) is 9.59 Å². The molecule has 3 aromatic rings. The molecule has 2 heterocycles. The third kappa shape index (κ3) is 4.86. The van der Waals surface area contributed by atoms with Gasteiger partial charge in [0.2, 0.25) is 5.91 Å². The highest BCUT2D eigenvalue weighted by Gasteiger charge is 2.27. The van der Waals surface area contributed by atoms with Crippen molar-refractivity contribution < 1.29 is 14.3 Å². The average Bonchev–Trinajstić information content (AvgIpc) is 3.10. The Hall–Kier alpha value is -3.12. The summed E-state index contributed by atoms with van der Waals surface area (Å²) in [6.07, 6.45) is 3.91. The molecule has 1 amide bonds. The lowest BCUT2D eigenvalue weighted by Crippen LogP contribution is -2.42. The van der Waals surface area contributed by atoms with Crippen LogP contribution >= 0.6 is 0 Å². The van der Waals surface area contributed by atoms with E-state index in [1.165, 1.54) is 0 Å². The summed E-state index contributed by atoms with van der Waals surface area (Å²) in [6.45, 7) is 4.91. The highest BCUT2D eigenvalue weighted by molar-refractivity contribution is 6.10. The molecule has 2 aromatic carbocycles. The number of ether oxygens (including phenoxy) is 1. The minimum atomic E-state index is -0.219. The minimum Gasteiger partial charge on any atom is -0.497 e. The van der Waals surface area contributed by atoms with Gasteiger partial charge in [-0.05, 0) is 43.5 Å². The van der Waals surface area contributed by atoms with E-state index in [4.69, 9.17) is 4.74 Å². The second-order valence-electron chi connectivity index (χ2n) is 8.41. The predicted octanol–water partition coefficient (Wildman–Crippen LogP) is 3.91. The van der Waals surface area contributed by atoms with Gasteiger partial charge in [-0.3, -0.25) is 14.5 Å². The van der Waals surface area contributed by atoms with Crippen molar-refractivity contribution >= 4 is 22.6 Å². The number of aromatic nitrogens is 1. The van der Waals surface area contributed by atoms with Crippen molar-refractivity contribution in [1.29, 1.82) is 0 Å². The number of Topliss-reactive ketones (excluding diaryl/α,β-unsaturated/α-hetero) is 1. The van der Waals surface area contributed by atoms with Crippen LogP contribution < -0.4 is 4.74 Å². The lowest BCUT2D eigenvalue weighted by Gasteiger charge is -2.26. The number of para-hydroxylation sites is 1. The van der Waals surface area contributed by atoms with Gasteiger partial charge in [-0.1, -0.05) is 30.3 Å². The molecule has 32 heavy (non-hydrogen) atoms. The summed E-state index contributed by atoms with van der Waals surface area (Å²) < 4.78 is 5.19. The average molecular weight is 434 g/mol. The molecule has 1 unspecified atom stereocenters. The van der Waals surface area contributed by atoms with Crippen LogP contribution in [-0.4, -0.2) is 65.8 Å². The van der Waals surface area contributed by atoms with Crippen molar-refractivity contribution in [3.63, 3.8) is 0 Å². The first-order valence-corrected chi connectivity index (χ1v) is 11.3. The first-order valence-electron chi connectivity index (χ1n) is 11.3. The number of aromatic amines is 1. The topological polar surface area (TPSA) is 65.6 Å². The van der Waals surface area contributed by atoms with Gasteiger partial charge in [0.1, 0.15) is 5.75 Å². The highest BCUT2D eigenvalue weighted by atomic mass is 16.5. The number of methoxy groups -OCH3 is 1. The van der Waals surface area contributed by atoms with E-state index >= 15 is 0 Å². The van der Waals surface area contributed by atoms with Gasteiger partial charge in [-0.2, -0.15) is 0 Å². The van der Waals surface area contributed by atoms with Crippen molar-refractivity contribution in [2.45, 2.75) is 32.2 Å². The normalized spacial score (nSPS) is 16.0. The number of amides is 1. The summed E-state index contributed by atoms with van der Waals surface area (Å²) in [5.74, 6) is 1.13. The molecular formula is C26H31N3O3. The summed E-state index contributed by atoms with van der Waals surface area (Å²) in [5, 5.41) is 0.967. The maximum Gasteiger partial charge on any atom is 0.222 e. The van der Waals surface area contributed by atoms with Gasteiger partial charge >= 0.3 is 0 Å². The number of nitrogens with one attached hydrogen (secondary N) is 1. The van der Waals surface area contributed by atoms with Gasteiger partial charge in [0.05, 0.1) is 13.2 Å². The van der Waals surface area contributed by atoms with Crippen LogP contribution in [0.15, 0.2) is 54.7 Å². The van der Waals surface area contributed by atoms with Crippen LogP contribution in [0.5, 0.6) is 5.75 Å². The summed E-state index contributed by atoms with van der Waals surface area (Å²) >= 11 is 0. The number of carbonyl (C=O) groups is 2. The van der Waals surface area contributed by atoms with Gasteiger partial charge < -0.3 is 14.6 Å². The number of carbonyl (C=O) groups excluding carboxylic acids is 2. The van der Waals surface area contributed by atoms with Crippen molar-refractivity contribution in [2.75, 3.05) is 33.3 Å². The van der Waals surface area contributed by atoms with Crippen LogP contribution in [0, 0.1) is 0 Å². The number of benzene rings is 2. The Morgan fingerprint density at radius 1 is 1.03 bits per heavy atom. The number of nitrogens with zero attached hydrogens (tertiary/aromatic N) is 2. The first kappa shape index (κ1) is 22.1. The molecule has 1 fully saturated rings. The molecule has 6 nitrogen and oxygen atoms in total. The van der Waals surface area contributed by atoms with Gasteiger partial charge in [0.15, 0.2) is 5.78 Å². The van der Waals surface area contributed by atoms with E-state index in [0.29, 0.717) is 19.5 Å². The predicted molar refractivity (Wildman–Crippen MR) is 126 cm³/mol. The molecule has 4 rings (SSSR count). The number of H-pyrrole nitrogens is 1. The number of aryl methyl sites for hydroxylation is 1. The zero-order valence-electron chi connectivity index (χ0n) is 18.8. The Balaban J connectivity index is 1.32. The second-order valence-corrected chi connectivity index (χ2v) is 8.41. The van der Waals surface area contributed by atoms with E-state index in [0.717, 1.165) is 53.7 Å². The molecule has 168 valence electrons. The van der Waals surface area contributed by atoms with Crippen molar-refractivity contribution in [1.82, 2.24) is 14.8 Å². The number of rotatable bonds is 7. The number of ketones is 1. The first-order chi connectivity index (χ1) is 15.6. The summed E-state index contributed by atoms with van der Waals surface area (Å²) in [4.78, 5) is 33.4. The van der Waals surface area contributed by atoms with Gasteiger partial charge in [0, 0.05) is 55.3 Å².